The Labute approximate surface area is 70.0 Å². The van der Waals surface area contributed by atoms with E-state index in [9.17, 15) is 0 Å². The average molecular weight is 159 g/mol. The van der Waals surface area contributed by atoms with E-state index in [4.69, 9.17) is 5.11 Å². The smallest absolute Gasteiger partial charge is 0.0468 e. The minimum Gasteiger partial charge on any atom is -0.396 e. The number of aliphatic hydroxyl groups is 1. The van der Waals surface area contributed by atoms with Gasteiger partial charge < -0.3 is 10.4 Å². The van der Waals surface area contributed by atoms with Crippen molar-refractivity contribution in [1.82, 2.24) is 5.32 Å². The molecule has 11 heavy (non-hydrogen) atoms. The number of aliphatic hydroxyl groups excluding tert-OH is 1. The van der Waals surface area contributed by atoms with E-state index in [2.05, 4.69) is 12.2 Å². The number of hydrogen-bond donors (Lipinski definition) is 2. The molecule has 0 saturated carbocycles. The maximum atomic E-state index is 8.70. The quantitative estimate of drug-likeness (QED) is 0.550. The van der Waals surface area contributed by atoms with E-state index < -0.39 is 0 Å². The first-order chi connectivity index (χ1) is 5.31. The summed E-state index contributed by atoms with van der Waals surface area (Å²) in [4.78, 5) is 0. The Morgan fingerprint density at radius 3 is 2.64 bits per heavy atom. The molecule has 2 N–H and O–H groups in total. The van der Waals surface area contributed by atoms with Crippen molar-refractivity contribution in [3.05, 3.63) is 0 Å². The summed E-state index contributed by atoms with van der Waals surface area (Å²) in [5.74, 6) is 0.400. The molecule has 0 saturated heterocycles. The lowest BCUT2D eigenvalue weighted by Crippen LogP contribution is -2.24. The van der Waals surface area contributed by atoms with E-state index >= 15 is 0 Å². The second-order valence-electron chi connectivity index (χ2n) is 3.20. The second-order valence-corrected chi connectivity index (χ2v) is 3.20. The van der Waals surface area contributed by atoms with Gasteiger partial charge in [-0.15, -0.1) is 0 Å². The molecule has 0 radical (unpaired) electrons. The van der Waals surface area contributed by atoms with Gasteiger partial charge in [0.1, 0.15) is 0 Å². The minimum absolute atomic E-state index is 0.292. The SMILES string of the molecule is CCCCCNCC(C)CO. The first-order valence-electron chi connectivity index (χ1n) is 4.62. The van der Waals surface area contributed by atoms with E-state index in [1.807, 2.05) is 6.92 Å². The summed E-state index contributed by atoms with van der Waals surface area (Å²) in [5, 5.41) is 12.0. The molecule has 0 amide bonds. The van der Waals surface area contributed by atoms with Crippen LogP contribution in [-0.4, -0.2) is 24.8 Å². The van der Waals surface area contributed by atoms with Crippen LogP contribution in [0.2, 0.25) is 0 Å². The van der Waals surface area contributed by atoms with E-state index in [1.54, 1.807) is 0 Å². The highest BCUT2D eigenvalue weighted by molar-refractivity contribution is 4.54. The standard InChI is InChI=1S/C9H21NO/c1-3-4-5-6-10-7-9(2)8-11/h9-11H,3-8H2,1-2H3. The third kappa shape index (κ3) is 7.82. The summed E-state index contributed by atoms with van der Waals surface area (Å²) in [6.45, 7) is 6.59. The summed E-state index contributed by atoms with van der Waals surface area (Å²) in [6, 6.07) is 0. The number of hydrogen-bond acceptors (Lipinski definition) is 2. The lowest BCUT2D eigenvalue weighted by atomic mass is 10.2. The molecule has 0 rings (SSSR count). The van der Waals surface area contributed by atoms with Gasteiger partial charge in [-0.25, -0.2) is 0 Å². The maximum absolute atomic E-state index is 8.70. The molecule has 68 valence electrons. The fourth-order valence-corrected chi connectivity index (χ4v) is 0.913. The normalized spacial score (nSPS) is 13.4. The highest BCUT2D eigenvalue weighted by atomic mass is 16.3. The van der Waals surface area contributed by atoms with Gasteiger partial charge in [-0.3, -0.25) is 0 Å². The van der Waals surface area contributed by atoms with E-state index in [1.165, 1.54) is 19.3 Å². The predicted octanol–water partition coefficient (Wildman–Crippen LogP) is 1.39. The number of unbranched alkanes of at least 4 members (excludes halogenated alkanes) is 2. The van der Waals surface area contributed by atoms with Crippen molar-refractivity contribution in [1.29, 1.82) is 0 Å². The van der Waals surface area contributed by atoms with Gasteiger partial charge in [0.25, 0.3) is 0 Å². The van der Waals surface area contributed by atoms with Crippen molar-refractivity contribution in [2.75, 3.05) is 19.7 Å². The van der Waals surface area contributed by atoms with Crippen LogP contribution in [-0.2, 0) is 0 Å². The number of rotatable bonds is 7. The highest BCUT2D eigenvalue weighted by Crippen LogP contribution is 1.92. The summed E-state index contributed by atoms with van der Waals surface area (Å²) in [5.41, 5.74) is 0. The minimum atomic E-state index is 0.292. The van der Waals surface area contributed by atoms with Crippen molar-refractivity contribution in [3.63, 3.8) is 0 Å². The second kappa shape index (κ2) is 8.02. The van der Waals surface area contributed by atoms with Crippen molar-refractivity contribution in [2.45, 2.75) is 33.1 Å². The van der Waals surface area contributed by atoms with Crippen LogP contribution < -0.4 is 5.32 Å². The molecule has 1 unspecified atom stereocenters. The molecular weight excluding hydrogens is 138 g/mol. The first kappa shape index (κ1) is 10.9. The topological polar surface area (TPSA) is 32.3 Å². The van der Waals surface area contributed by atoms with E-state index in [-0.39, 0.29) is 0 Å². The Bertz CT molecular complexity index is 76.0. The molecule has 0 aliphatic rings. The maximum Gasteiger partial charge on any atom is 0.0468 e. The lowest BCUT2D eigenvalue weighted by molar-refractivity contribution is 0.234. The zero-order valence-corrected chi connectivity index (χ0v) is 7.77. The molecule has 2 heteroatoms. The highest BCUT2D eigenvalue weighted by Gasteiger charge is 1.96. The average Bonchev–Trinajstić information content (AvgIpc) is 2.04. The monoisotopic (exact) mass is 159 g/mol. The molecular formula is C9H21NO. The molecule has 1 atom stereocenters. The Morgan fingerprint density at radius 2 is 2.09 bits per heavy atom. The van der Waals surface area contributed by atoms with Crippen LogP contribution in [0, 0.1) is 5.92 Å². The third-order valence-electron chi connectivity index (χ3n) is 1.76. The van der Waals surface area contributed by atoms with Crippen LogP contribution in [0.1, 0.15) is 33.1 Å². The lowest BCUT2D eigenvalue weighted by Gasteiger charge is -2.08. The van der Waals surface area contributed by atoms with Gasteiger partial charge in [-0.05, 0) is 25.4 Å². The van der Waals surface area contributed by atoms with Crippen molar-refractivity contribution in [2.24, 2.45) is 5.92 Å². The Morgan fingerprint density at radius 1 is 1.36 bits per heavy atom. The fraction of sp³-hybridized carbons (Fsp3) is 1.00. The van der Waals surface area contributed by atoms with Gasteiger partial charge in [-0.2, -0.15) is 0 Å². The summed E-state index contributed by atoms with van der Waals surface area (Å²) in [6.07, 6.45) is 3.84. The molecule has 2 nitrogen and oxygen atoms in total. The van der Waals surface area contributed by atoms with Crippen LogP contribution in [0.15, 0.2) is 0 Å². The zero-order chi connectivity index (χ0) is 8.53. The Hall–Kier alpha value is -0.0800. The first-order valence-corrected chi connectivity index (χ1v) is 4.62. The van der Waals surface area contributed by atoms with Crippen LogP contribution >= 0.6 is 0 Å². The van der Waals surface area contributed by atoms with Crippen LogP contribution in [0.5, 0.6) is 0 Å². The zero-order valence-electron chi connectivity index (χ0n) is 7.77. The molecule has 0 spiro atoms. The Balaban J connectivity index is 2.89. The van der Waals surface area contributed by atoms with Gasteiger partial charge in [0.2, 0.25) is 0 Å². The van der Waals surface area contributed by atoms with E-state index in [0.717, 1.165) is 13.1 Å². The fourth-order valence-electron chi connectivity index (χ4n) is 0.913. The van der Waals surface area contributed by atoms with Gasteiger partial charge in [-0.1, -0.05) is 26.7 Å². The summed E-state index contributed by atoms with van der Waals surface area (Å²) in [7, 11) is 0. The van der Waals surface area contributed by atoms with Crippen LogP contribution in [0.4, 0.5) is 0 Å². The molecule has 0 aromatic heterocycles. The van der Waals surface area contributed by atoms with Gasteiger partial charge in [0.05, 0.1) is 0 Å². The molecule has 0 bridgehead atoms. The Kier molecular flexibility index (Phi) is 7.96. The molecule has 0 aromatic rings. The molecule has 0 heterocycles. The van der Waals surface area contributed by atoms with Crippen LogP contribution in [0.3, 0.4) is 0 Å². The molecule has 0 aliphatic heterocycles. The molecule has 0 aliphatic carbocycles. The van der Waals surface area contributed by atoms with Gasteiger partial charge in [0, 0.05) is 6.61 Å². The van der Waals surface area contributed by atoms with Crippen molar-refractivity contribution < 1.29 is 5.11 Å². The third-order valence-corrected chi connectivity index (χ3v) is 1.76. The summed E-state index contributed by atoms with van der Waals surface area (Å²) < 4.78 is 0. The summed E-state index contributed by atoms with van der Waals surface area (Å²) >= 11 is 0. The van der Waals surface area contributed by atoms with Crippen molar-refractivity contribution >= 4 is 0 Å². The number of nitrogens with one attached hydrogen (secondary N) is 1. The van der Waals surface area contributed by atoms with Crippen LogP contribution in [0.25, 0.3) is 0 Å². The van der Waals surface area contributed by atoms with Crippen molar-refractivity contribution in [3.8, 4) is 0 Å². The van der Waals surface area contributed by atoms with Gasteiger partial charge in [0.15, 0.2) is 0 Å². The molecule has 0 aromatic carbocycles. The van der Waals surface area contributed by atoms with E-state index in [0.29, 0.717) is 12.5 Å². The predicted molar refractivity (Wildman–Crippen MR) is 48.6 cm³/mol. The van der Waals surface area contributed by atoms with Gasteiger partial charge >= 0.3 is 0 Å². The largest absolute Gasteiger partial charge is 0.396 e. The molecule has 0 fully saturated rings.